The van der Waals surface area contributed by atoms with Crippen LogP contribution in [0.15, 0.2) is 0 Å². The van der Waals surface area contributed by atoms with Gasteiger partial charge >= 0.3 is 0 Å². The Morgan fingerprint density at radius 2 is 1.83 bits per heavy atom. The molecule has 3 atom stereocenters. The van der Waals surface area contributed by atoms with E-state index in [1.165, 1.54) is 19.3 Å². The number of rotatable bonds is 11. The second kappa shape index (κ2) is 10.1. The molecule has 0 bridgehead atoms. The summed E-state index contributed by atoms with van der Waals surface area (Å²) in [6.45, 7) is 11.9. The van der Waals surface area contributed by atoms with Crippen molar-refractivity contribution in [3.63, 3.8) is 0 Å². The second-order valence-corrected chi connectivity index (χ2v) is 7.40. The van der Waals surface area contributed by atoms with Gasteiger partial charge in [0.05, 0.1) is 0 Å². The Balaban J connectivity index is 4.37. The summed E-state index contributed by atoms with van der Waals surface area (Å²) in [7, 11) is 0. The van der Waals surface area contributed by atoms with Crippen LogP contribution in [0.4, 0.5) is 0 Å². The number of hydrogen-bond donors (Lipinski definition) is 1. The van der Waals surface area contributed by atoms with E-state index in [1.807, 2.05) is 0 Å². The van der Waals surface area contributed by atoms with Crippen molar-refractivity contribution in [1.29, 1.82) is 0 Å². The number of nitrogens with one attached hydrogen (secondary N) is 1. The molecule has 0 aromatic rings. The molecule has 2 nitrogen and oxygen atoms in total. The van der Waals surface area contributed by atoms with Gasteiger partial charge in [-0.1, -0.05) is 53.4 Å². The fourth-order valence-electron chi connectivity index (χ4n) is 2.34. The highest BCUT2D eigenvalue weighted by Crippen LogP contribution is 2.32. The van der Waals surface area contributed by atoms with E-state index in [0.717, 1.165) is 38.1 Å². The molecule has 0 rings (SSSR count). The van der Waals surface area contributed by atoms with E-state index >= 15 is 0 Å². The Labute approximate surface area is 118 Å². The molecule has 0 saturated carbocycles. The van der Waals surface area contributed by atoms with Gasteiger partial charge in [-0.2, -0.15) is 0 Å². The molecule has 0 aliphatic rings. The number of hydrogen-bond acceptors (Lipinski definition) is 2. The lowest BCUT2D eigenvalue weighted by Gasteiger charge is -2.33. The van der Waals surface area contributed by atoms with E-state index in [1.54, 1.807) is 0 Å². The minimum atomic E-state index is -0.901. The van der Waals surface area contributed by atoms with E-state index in [4.69, 9.17) is 0 Å². The monoisotopic (exact) mass is 275 g/mol. The summed E-state index contributed by atoms with van der Waals surface area (Å²) < 4.78 is 15.6. The lowest BCUT2D eigenvalue weighted by Crippen LogP contribution is -2.45. The first-order chi connectivity index (χ1) is 8.53. The summed E-state index contributed by atoms with van der Waals surface area (Å²) in [6, 6.07) is 0. The predicted molar refractivity (Wildman–Crippen MR) is 83.1 cm³/mol. The van der Waals surface area contributed by atoms with E-state index in [0.29, 0.717) is 0 Å². The van der Waals surface area contributed by atoms with Crippen molar-refractivity contribution in [3.05, 3.63) is 0 Å². The highest BCUT2D eigenvalue weighted by molar-refractivity contribution is 7.90. The molecule has 3 unspecified atom stereocenters. The van der Waals surface area contributed by atoms with Crippen LogP contribution < -0.4 is 4.72 Å². The zero-order chi connectivity index (χ0) is 14.0. The van der Waals surface area contributed by atoms with Crippen molar-refractivity contribution >= 4 is 11.4 Å². The normalized spacial score (nSPS) is 18.3. The molecule has 3 heteroatoms. The average Bonchev–Trinajstić information content (AvgIpc) is 2.38. The molecular weight excluding hydrogens is 242 g/mol. The topological polar surface area (TPSA) is 35.1 Å². The SMILES string of the molecule is CCCCN[S+]([O-])C(C)(CC)CC(CC)CCC. The maximum Gasteiger partial charge on any atom is 0.142 e. The standard InChI is InChI=1S/C15H33NOS/c1-6-10-12-16-18(17)15(5,9-4)13-14(8-3)11-7-2/h14,16H,6-13H2,1-5H3. The van der Waals surface area contributed by atoms with Crippen LogP contribution in [0.2, 0.25) is 0 Å². The highest BCUT2D eigenvalue weighted by Gasteiger charge is 2.37. The predicted octanol–water partition coefficient (Wildman–Crippen LogP) is 4.42. The lowest BCUT2D eigenvalue weighted by molar-refractivity contribution is 0.358. The molecule has 0 radical (unpaired) electrons. The average molecular weight is 276 g/mol. The summed E-state index contributed by atoms with van der Waals surface area (Å²) in [5, 5.41) is 0. The molecule has 0 amide bonds. The van der Waals surface area contributed by atoms with E-state index < -0.39 is 11.4 Å². The Morgan fingerprint density at radius 1 is 1.17 bits per heavy atom. The maximum atomic E-state index is 12.4. The van der Waals surface area contributed by atoms with Crippen LogP contribution in [0.5, 0.6) is 0 Å². The van der Waals surface area contributed by atoms with Crippen molar-refractivity contribution in [1.82, 2.24) is 4.72 Å². The van der Waals surface area contributed by atoms with Crippen molar-refractivity contribution in [2.75, 3.05) is 6.54 Å². The van der Waals surface area contributed by atoms with Gasteiger partial charge in [-0.15, -0.1) is 4.72 Å². The van der Waals surface area contributed by atoms with Gasteiger partial charge in [0.2, 0.25) is 0 Å². The summed E-state index contributed by atoms with van der Waals surface area (Å²) in [4.78, 5) is 0. The largest absolute Gasteiger partial charge is 0.598 e. The molecule has 0 spiro atoms. The quantitative estimate of drug-likeness (QED) is 0.447. The number of unbranched alkanes of at least 4 members (excludes halogenated alkanes) is 1. The molecule has 0 heterocycles. The van der Waals surface area contributed by atoms with Gasteiger partial charge in [-0.25, -0.2) is 0 Å². The van der Waals surface area contributed by atoms with Crippen LogP contribution in [0.1, 0.15) is 79.6 Å². The third-order valence-corrected chi connectivity index (χ3v) is 5.77. The van der Waals surface area contributed by atoms with Crippen LogP contribution in [0, 0.1) is 5.92 Å². The van der Waals surface area contributed by atoms with Gasteiger partial charge in [0.15, 0.2) is 0 Å². The van der Waals surface area contributed by atoms with Crippen LogP contribution in [0.3, 0.4) is 0 Å². The summed E-state index contributed by atoms with van der Waals surface area (Å²) in [5.74, 6) is 0.719. The first kappa shape index (κ1) is 18.3. The van der Waals surface area contributed by atoms with E-state index in [2.05, 4.69) is 39.3 Å². The molecule has 0 saturated heterocycles. The highest BCUT2D eigenvalue weighted by atomic mass is 32.2. The van der Waals surface area contributed by atoms with E-state index in [-0.39, 0.29) is 4.75 Å². The fraction of sp³-hybridized carbons (Fsp3) is 1.00. The molecule has 0 fully saturated rings. The van der Waals surface area contributed by atoms with Crippen LogP contribution in [-0.4, -0.2) is 15.8 Å². The van der Waals surface area contributed by atoms with Crippen molar-refractivity contribution in [3.8, 4) is 0 Å². The smallest absolute Gasteiger partial charge is 0.142 e. The van der Waals surface area contributed by atoms with Gasteiger partial charge in [0.1, 0.15) is 4.75 Å². The first-order valence-corrected chi connectivity index (χ1v) is 8.84. The van der Waals surface area contributed by atoms with Gasteiger partial charge in [0, 0.05) is 24.3 Å². The third-order valence-electron chi connectivity index (χ3n) is 3.95. The van der Waals surface area contributed by atoms with Gasteiger partial charge in [0.25, 0.3) is 0 Å². The molecular formula is C15H33NOS. The van der Waals surface area contributed by atoms with Crippen molar-refractivity contribution in [2.24, 2.45) is 5.92 Å². The molecule has 110 valence electrons. The molecule has 0 aromatic carbocycles. The van der Waals surface area contributed by atoms with Gasteiger partial charge in [-0.05, 0) is 25.7 Å². The van der Waals surface area contributed by atoms with Crippen molar-refractivity contribution < 1.29 is 4.55 Å². The molecule has 0 aliphatic carbocycles. The summed E-state index contributed by atoms with van der Waals surface area (Å²) in [5.41, 5.74) is 0. The van der Waals surface area contributed by atoms with Gasteiger partial charge in [-0.3, -0.25) is 0 Å². The summed E-state index contributed by atoms with van der Waals surface area (Å²) in [6.07, 6.45) is 8.03. The Morgan fingerprint density at radius 3 is 2.28 bits per heavy atom. The Kier molecular flexibility index (Phi) is 10.3. The first-order valence-electron chi connectivity index (χ1n) is 7.69. The zero-order valence-corrected chi connectivity index (χ0v) is 13.9. The molecule has 1 N–H and O–H groups in total. The second-order valence-electron chi connectivity index (χ2n) is 5.59. The minimum absolute atomic E-state index is 0.0659. The molecule has 0 aromatic heterocycles. The van der Waals surface area contributed by atoms with Crippen LogP contribution in [-0.2, 0) is 11.4 Å². The fourth-order valence-corrected chi connectivity index (χ4v) is 3.66. The van der Waals surface area contributed by atoms with E-state index in [9.17, 15) is 4.55 Å². The zero-order valence-electron chi connectivity index (χ0n) is 13.1. The van der Waals surface area contributed by atoms with Crippen molar-refractivity contribution in [2.45, 2.75) is 84.3 Å². The third kappa shape index (κ3) is 6.44. The lowest BCUT2D eigenvalue weighted by atomic mass is 9.88. The molecule has 0 aliphatic heterocycles. The van der Waals surface area contributed by atoms with Crippen LogP contribution in [0.25, 0.3) is 0 Å². The maximum absolute atomic E-state index is 12.4. The Hall–Kier alpha value is 0.270. The van der Waals surface area contributed by atoms with Crippen LogP contribution >= 0.6 is 0 Å². The Bertz CT molecular complexity index is 201. The van der Waals surface area contributed by atoms with Gasteiger partial charge < -0.3 is 4.55 Å². The summed E-state index contributed by atoms with van der Waals surface area (Å²) >= 11 is -0.901. The minimum Gasteiger partial charge on any atom is -0.598 e. The molecule has 18 heavy (non-hydrogen) atoms.